The Morgan fingerprint density at radius 3 is 2.50 bits per heavy atom. The first-order valence-corrected chi connectivity index (χ1v) is 7.86. The zero-order chi connectivity index (χ0) is 18.7. The zero-order valence-electron chi connectivity index (χ0n) is 13.5. The first-order chi connectivity index (χ1) is 12.5. The molecule has 1 aromatic heterocycles. The zero-order valence-corrected chi connectivity index (χ0v) is 14.3. The second kappa shape index (κ2) is 7.28. The predicted octanol–water partition coefficient (Wildman–Crippen LogP) is 3.59. The summed E-state index contributed by atoms with van der Waals surface area (Å²) in [6.07, 6.45) is 0. The number of nitrogens with zero attached hydrogens (tertiary/aromatic N) is 1. The minimum Gasteiger partial charge on any atom is -0.505 e. The molecule has 0 saturated heterocycles. The highest BCUT2D eigenvalue weighted by Crippen LogP contribution is 2.35. The van der Waals surface area contributed by atoms with Crippen molar-refractivity contribution in [2.24, 2.45) is 0 Å². The Bertz CT molecular complexity index is 992. The van der Waals surface area contributed by atoms with Gasteiger partial charge in [0.25, 0.3) is 0 Å². The Balaban J connectivity index is 1.96. The van der Waals surface area contributed by atoms with Gasteiger partial charge in [0.05, 0.1) is 0 Å². The molecular weight excluding hydrogens is 360 g/mol. The van der Waals surface area contributed by atoms with Crippen molar-refractivity contribution >= 4 is 34.2 Å². The van der Waals surface area contributed by atoms with Gasteiger partial charge in [0.2, 0.25) is 0 Å². The van der Waals surface area contributed by atoms with Crippen LogP contribution in [0.5, 0.6) is 17.2 Å². The third kappa shape index (κ3) is 3.68. The number of fused-ring (bicyclic) bond motifs is 1. The maximum absolute atomic E-state index is 12.0. The second-order valence-corrected chi connectivity index (χ2v) is 5.61. The van der Waals surface area contributed by atoms with Crippen LogP contribution in [-0.2, 0) is 9.63 Å². The van der Waals surface area contributed by atoms with Gasteiger partial charge < -0.3 is 14.7 Å². The Morgan fingerprint density at radius 2 is 1.81 bits per heavy atom. The van der Waals surface area contributed by atoms with Crippen molar-refractivity contribution in [2.45, 2.75) is 6.92 Å². The van der Waals surface area contributed by atoms with Gasteiger partial charge in [-0.25, -0.2) is 4.98 Å². The third-order valence-corrected chi connectivity index (χ3v) is 3.67. The van der Waals surface area contributed by atoms with Crippen LogP contribution in [0.4, 0.5) is 0 Å². The number of aromatic nitrogens is 1. The second-order valence-electron chi connectivity index (χ2n) is 5.25. The fourth-order valence-corrected chi connectivity index (χ4v) is 2.49. The highest BCUT2D eigenvalue weighted by Gasteiger charge is 2.20. The van der Waals surface area contributed by atoms with E-state index in [-0.39, 0.29) is 16.6 Å². The number of hydroxylamine groups is 1. The summed E-state index contributed by atoms with van der Waals surface area (Å²) in [7, 11) is 0. The molecule has 3 rings (SSSR count). The highest BCUT2D eigenvalue weighted by molar-refractivity contribution is 6.35. The van der Waals surface area contributed by atoms with E-state index in [9.17, 15) is 14.7 Å². The van der Waals surface area contributed by atoms with Gasteiger partial charge in [0.15, 0.2) is 11.4 Å². The number of carbonyl (C=O) groups excluding carboxylic acids is 2. The summed E-state index contributed by atoms with van der Waals surface area (Å²) in [6, 6.07) is 13.9. The van der Waals surface area contributed by atoms with E-state index in [2.05, 4.69) is 9.82 Å². The van der Waals surface area contributed by atoms with E-state index in [4.69, 9.17) is 16.3 Å². The van der Waals surface area contributed by atoms with Crippen LogP contribution < -0.4 is 10.2 Å². The summed E-state index contributed by atoms with van der Waals surface area (Å²) in [4.78, 5) is 31.0. The molecule has 0 atom stereocenters. The lowest BCUT2D eigenvalue weighted by atomic mass is 10.1. The molecule has 132 valence electrons. The maximum Gasteiger partial charge on any atom is 0.329 e. The molecule has 3 aromatic rings. The van der Waals surface area contributed by atoms with Crippen molar-refractivity contribution in [1.29, 1.82) is 0 Å². The normalized spacial score (nSPS) is 10.4. The van der Waals surface area contributed by atoms with Crippen LogP contribution >= 0.6 is 11.6 Å². The molecule has 8 heteroatoms. The minimum atomic E-state index is -0.897. The Hall–Kier alpha value is -3.32. The number of ether oxygens (including phenoxy) is 1. The molecule has 0 bridgehead atoms. The summed E-state index contributed by atoms with van der Waals surface area (Å²) >= 11 is 6.15. The Morgan fingerprint density at radius 1 is 1.08 bits per heavy atom. The first-order valence-electron chi connectivity index (χ1n) is 7.48. The van der Waals surface area contributed by atoms with Gasteiger partial charge in [0, 0.05) is 17.7 Å². The summed E-state index contributed by atoms with van der Waals surface area (Å²) < 4.78 is 5.72. The molecule has 2 aromatic carbocycles. The quantitative estimate of drug-likeness (QED) is 0.538. The number of aromatic hydroxyl groups is 1. The molecule has 0 spiro atoms. The molecule has 0 radical (unpaired) electrons. The predicted molar refractivity (Wildman–Crippen MR) is 94.2 cm³/mol. The molecule has 26 heavy (non-hydrogen) atoms. The molecule has 0 fully saturated rings. The first kappa shape index (κ1) is 17.5. The number of amides is 1. The molecule has 1 heterocycles. The summed E-state index contributed by atoms with van der Waals surface area (Å²) in [5, 5.41) is 11.0. The largest absolute Gasteiger partial charge is 0.505 e. The molecule has 1 amide bonds. The van der Waals surface area contributed by atoms with Gasteiger partial charge in [-0.1, -0.05) is 29.8 Å². The number of para-hydroxylation sites is 1. The number of pyridine rings is 1. The lowest BCUT2D eigenvalue weighted by Gasteiger charge is -2.11. The summed E-state index contributed by atoms with van der Waals surface area (Å²) in [6.45, 7) is 1.12. The molecule has 2 N–H and O–H groups in total. The number of hydrogen-bond donors (Lipinski definition) is 2. The van der Waals surface area contributed by atoms with E-state index < -0.39 is 11.9 Å². The number of carbonyl (C=O) groups is 2. The van der Waals surface area contributed by atoms with Crippen molar-refractivity contribution < 1.29 is 24.3 Å². The third-order valence-electron chi connectivity index (χ3n) is 3.38. The fraction of sp³-hybridized carbons (Fsp3) is 0.0556. The van der Waals surface area contributed by atoms with Crippen LogP contribution in [0.25, 0.3) is 10.8 Å². The van der Waals surface area contributed by atoms with Crippen LogP contribution in [0.3, 0.4) is 0 Å². The van der Waals surface area contributed by atoms with Crippen LogP contribution in [-0.4, -0.2) is 22.0 Å². The van der Waals surface area contributed by atoms with E-state index >= 15 is 0 Å². The van der Waals surface area contributed by atoms with Crippen LogP contribution in [0.1, 0.15) is 17.4 Å². The van der Waals surface area contributed by atoms with E-state index in [1.807, 2.05) is 23.7 Å². The van der Waals surface area contributed by atoms with Crippen molar-refractivity contribution in [1.82, 2.24) is 10.5 Å². The molecular formula is C18H13ClN2O5. The molecule has 0 unspecified atom stereocenters. The van der Waals surface area contributed by atoms with Crippen molar-refractivity contribution in [3.05, 3.63) is 59.4 Å². The van der Waals surface area contributed by atoms with Crippen LogP contribution in [0, 0.1) is 0 Å². The van der Waals surface area contributed by atoms with E-state index in [1.54, 1.807) is 30.3 Å². The van der Waals surface area contributed by atoms with Gasteiger partial charge >= 0.3 is 11.9 Å². The Kier molecular flexibility index (Phi) is 4.90. The van der Waals surface area contributed by atoms with E-state index in [1.165, 1.54) is 0 Å². The smallest absolute Gasteiger partial charge is 0.329 e. The Labute approximate surface area is 153 Å². The van der Waals surface area contributed by atoms with Gasteiger partial charge in [-0.3, -0.25) is 9.59 Å². The van der Waals surface area contributed by atoms with Crippen molar-refractivity contribution in [3.63, 3.8) is 0 Å². The number of halogens is 1. The van der Waals surface area contributed by atoms with Crippen LogP contribution in [0.2, 0.25) is 5.15 Å². The average Bonchev–Trinajstić information content (AvgIpc) is 2.63. The number of rotatable bonds is 3. The lowest BCUT2D eigenvalue weighted by Crippen LogP contribution is -2.26. The van der Waals surface area contributed by atoms with Gasteiger partial charge in [-0.15, -0.1) is 0 Å². The molecule has 0 saturated carbocycles. The topological polar surface area (TPSA) is 97.8 Å². The monoisotopic (exact) mass is 372 g/mol. The number of nitrogens with one attached hydrogen (secondary N) is 1. The van der Waals surface area contributed by atoms with Crippen molar-refractivity contribution in [2.75, 3.05) is 0 Å². The van der Waals surface area contributed by atoms with E-state index in [0.29, 0.717) is 22.3 Å². The highest BCUT2D eigenvalue weighted by atomic mass is 35.5. The average molecular weight is 373 g/mol. The molecule has 0 aliphatic heterocycles. The van der Waals surface area contributed by atoms with Crippen LogP contribution in [0.15, 0.2) is 48.5 Å². The van der Waals surface area contributed by atoms with E-state index in [0.717, 1.165) is 6.92 Å². The molecule has 7 nitrogen and oxygen atoms in total. The molecule has 0 aliphatic rings. The molecule has 0 aliphatic carbocycles. The SMILES string of the molecule is CC(=O)ONC(=O)c1nc(Cl)c2cc(Oc3ccccc3)ccc2c1O. The summed E-state index contributed by atoms with van der Waals surface area (Å²) in [5.41, 5.74) is 1.52. The minimum absolute atomic E-state index is 0.00992. The maximum atomic E-state index is 12.0. The van der Waals surface area contributed by atoms with Gasteiger partial charge in [-0.05, 0) is 30.3 Å². The summed E-state index contributed by atoms with van der Waals surface area (Å²) in [5.74, 6) is -0.875. The van der Waals surface area contributed by atoms with Gasteiger partial charge in [-0.2, -0.15) is 5.48 Å². The number of hydrogen-bond acceptors (Lipinski definition) is 6. The standard InChI is InChI=1S/C18H13ClN2O5/c1-10(22)26-21-18(24)15-16(23)13-8-7-12(9-14(13)17(19)20-15)25-11-5-3-2-4-6-11/h2-9,23H,1H3,(H,21,24). The van der Waals surface area contributed by atoms with Crippen molar-refractivity contribution in [3.8, 4) is 17.2 Å². The lowest BCUT2D eigenvalue weighted by molar-refractivity contribution is -0.146. The fourth-order valence-electron chi connectivity index (χ4n) is 2.25. The van der Waals surface area contributed by atoms with Gasteiger partial charge in [0.1, 0.15) is 16.7 Å². The number of benzene rings is 2.